The molecule has 5 nitrogen and oxygen atoms in total. The van der Waals surface area contributed by atoms with Gasteiger partial charge in [0.2, 0.25) is 0 Å². The van der Waals surface area contributed by atoms with Gasteiger partial charge in [0.15, 0.2) is 0 Å². The van der Waals surface area contributed by atoms with Crippen LogP contribution in [0.5, 0.6) is 0 Å². The van der Waals surface area contributed by atoms with Crippen LogP contribution >= 0.6 is 62.3 Å². The van der Waals surface area contributed by atoms with Gasteiger partial charge in [-0.05, 0) is 12.8 Å². The van der Waals surface area contributed by atoms with Gasteiger partial charge in [0.05, 0.1) is 31.2 Å². The molecular formula is C18H18BrCl4NO4. The first-order valence-corrected chi connectivity index (χ1v) is 11.5. The first-order chi connectivity index (χ1) is 13.3. The van der Waals surface area contributed by atoms with Gasteiger partial charge in [0.1, 0.15) is 0 Å². The predicted octanol–water partition coefficient (Wildman–Crippen LogP) is 6.87. The number of nitrogens with zero attached hydrogens (tertiary/aromatic N) is 1. The van der Waals surface area contributed by atoms with Gasteiger partial charge in [-0.2, -0.15) is 0 Å². The number of imide groups is 1. The molecule has 0 fully saturated rings. The topological polar surface area (TPSA) is 63.7 Å². The zero-order valence-electron chi connectivity index (χ0n) is 14.8. The maximum absolute atomic E-state index is 12.5. The molecule has 0 spiro atoms. The Morgan fingerprint density at radius 2 is 1.18 bits per heavy atom. The summed E-state index contributed by atoms with van der Waals surface area (Å²) in [5.74, 6) is -2.48. The molecule has 0 aromatic heterocycles. The van der Waals surface area contributed by atoms with Gasteiger partial charge in [-0.3, -0.25) is 9.59 Å². The van der Waals surface area contributed by atoms with Gasteiger partial charge in [0.25, 0.3) is 11.8 Å². The molecular weight excluding hydrogens is 516 g/mol. The van der Waals surface area contributed by atoms with Gasteiger partial charge in [-0.25, -0.2) is 4.79 Å². The minimum absolute atomic E-state index is 0.0950. The highest BCUT2D eigenvalue weighted by Gasteiger charge is 2.44. The molecule has 0 atom stereocenters. The molecule has 2 amide bonds. The third-order valence-electron chi connectivity index (χ3n) is 4.27. The average molecular weight is 534 g/mol. The third kappa shape index (κ3) is 5.33. The largest absolute Gasteiger partial charge is 0.333 e. The molecule has 154 valence electrons. The van der Waals surface area contributed by atoms with E-state index in [1.165, 1.54) is 6.42 Å². The van der Waals surface area contributed by atoms with Crippen LogP contribution in [0.2, 0.25) is 20.1 Å². The van der Waals surface area contributed by atoms with Crippen molar-refractivity contribution in [3.8, 4) is 0 Å². The van der Waals surface area contributed by atoms with Crippen LogP contribution in [0.15, 0.2) is 0 Å². The van der Waals surface area contributed by atoms with Crippen molar-refractivity contribution in [1.82, 2.24) is 5.06 Å². The van der Waals surface area contributed by atoms with Gasteiger partial charge in [-0.1, -0.05) is 99.5 Å². The van der Waals surface area contributed by atoms with Crippen molar-refractivity contribution < 1.29 is 19.2 Å². The van der Waals surface area contributed by atoms with Crippen molar-refractivity contribution in [3.63, 3.8) is 0 Å². The Kier molecular flexibility index (Phi) is 9.35. The number of unbranched alkanes of at least 4 members (excludes halogenated alkanes) is 6. The minimum atomic E-state index is -0.898. The van der Waals surface area contributed by atoms with Crippen LogP contribution in [0.3, 0.4) is 0 Å². The van der Waals surface area contributed by atoms with Crippen LogP contribution in [0, 0.1) is 0 Å². The van der Waals surface area contributed by atoms with Crippen molar-refractivity contribution in [2.24, 2.45) is 0 Å². The highest BCUT2D eigenvalue weighted by Crippen LogP contribution is 2.44. The zero-order chi connectivity index (χ0) is 20.8. The Hall–Kier alpha value is -0.530. The summed E-state index contributed by atoms with van der Waals surface area (Å²) < 4.78 is 0. The summed E-state index contributed by atoms with van der Waals surface area (Å²) in [5.41, 5.74) is -0.440. The van der Waals surface area contributed by atoms with Crippen molar-refractivity contribution in [3.05, 3.63) is 31.2 Å². The van der Waals surface area contributed by atoms with E-state index < -0.39 is 17.8 Å². The number of carbonyl (C=O) groups is 3. The fraction of sp³-hybridized carbons (Fsp3) is 0.500. The van der Waals surface area contributed by atoms with Gasteiger partial charge < -0.3 is 4.84 Å². The Morgan fingerprint density at radius 1 is 0.750 bits per heavy atom. The quantitative estimate of drug-likeness (QED) is 0.108. The Labute approximate surface area is 191 Å². The maximum atomic E-state index is 12.5. The summed E-state index contributed by atoms with van der Waals surface area (Å²) in [7, 11) is 0. The molecule has 1 aliphatic heterocycles. The van der Waals surface area contributed by atoms with Crippen molar-refractivity contribution in [2.75, 3.05) is 5.33 Å². The number of halogens is 5. The molecule has 0 bridgehead atoms. The maximum Gasteiger partial charge on any atom is 0.333 e. The molecule has 0 aliphatic carbocycles. The Morgan fingerprint density at radius 3 is 1.64 bits per heavy atom. The summed E-state index contributed by atoms with van der Waals surface area (Å²) in [6, 6.07) is 0. The van der Waals surface area contributed by atoms with E-state index in [9.17, 15) is 14.4 Å². The molecule has 2 rings (SSSR count). The summed E-state index contributed by atoms with van der Waals surface area (Å²) in [6.07, 6.45) is 7.22. The van der Waals surface area contributed by atoms with E-state index >= 15 is 0 Å². The van der Waals surface area contributed by atoms with Crippen LogP contribution in [0.25, 0.3) is 0 Å². The molecule has 10 heteroatoms. The summed E-state index contributed by atoms with van der Waals surface area (Å²) in [5, 5.41) is 0.684. The molecule has 1 heterocycles. The molecule has 28 heavy (non-hydrogen) atoms. The van der Waals surface area contributed by atoms with E-state index in [2.05, 4.69) is 15.9 Å². The second-order valence-electron chi connectivity index (χ2n) is 6.29. The third-order valence-corrected chi connectivity index (χ3v) is 6.63. The van der Waals surface area contributed by atoms with Crippen LogP contribution in [-0.4, -0.2) is 28.2 Å². The normalized spacial score (nSPS) is 13.2. The lowest BCUT2D eigenvalue weighted by Gasteiger charge is -2.12. The van der Waals surface area contributed by atoms with E-state index in [-0.39, 0.29) is 37.6 Å². The number of carbonyl (C=O) groups excluding carboxylic acids is 3. The van der Waals surface area contributed by atoms with E-state index in [1.807, 2.05) is 0 Å². The minimum Gasteiger partial charge on any atom is -0.330 e. The number of hydrogen-bond donors (Lipinski definition) is 0. The number of amides is 2. The summed E-state index contributed by atoms with van der Waals surface area (Å²) >= 11 is 27.3. The van der Waals surface area contributed by atoms with Crippen molar-refractivity contribution >= 4 is 80.1 Å². The van der Waals surface area contributed by atoms with E-state index in [0.717, 1.165) is 37.4 Å². The smallest absolute Gasteiger partial charge is 0.330 e. The number of rotatable bonds is 10. The monoisotopic (exact) mass is 531 g/mol. The number of alkyl halides is 1. The number of fused-ring (bicyclic) bond motifs is 1. The Balaban J connectivity index is 1.89. The highest BCUT2D eigenvalue weighted by atomic mass is 79.9. The number of hydroxylamine groups is 2. The average Bonchev–Trinajstić information content (AvgIpc) is 2.91. The first kappa shape index (κ1) is 23.7. The Bertz CT molecular complexity index is 741. The summed E-state index contributed by atoms with van der Waals surface area (Å²) in [6.45, 7) is 0. The van der Waals surface area contributed by atoms with Crippen molar-refractivity contribution in [2.45, 2.75) is 51.4 Å². The highest BCUT2D eigenvalue weighted by molar-refractivity contribution is 9.09. The fourth-order valence-corrected chi connectivity index (χ4v) is 4.22. The van der Waals surface area contributed by atoms with E-state index in [0.29, 0.717) is 11.5 Å². The number of hydrogen-bond acceptors (Lipinski definition) is 4. The lowest BCUT2D eigenvalue weighted by molar-refractivity contribution is -0.168. The van der Waals surface area contributed by atoms with E-state index in [1.54, 1.807) is 0 Å². The van der Waals surface area contributed by atoms with Crippen LogP contribution < -0.4 is 0 Å². The van der Waals surface area contributed by atoms with Crippen LogP contribution in [0.4, 0.5) is 0 Å². The molecule has 1 aliphatic rings. The summed E-state index contributed by atoms with van der Waals surface area (Å²) in [4.78, 5) is 41.9. The lowest BCUT2D eigenvalue weighted by Crippen LogP contribution is -2.32. The molecule has 0 unspecified atom stereocenters. The van der Waals surface area contributed by atoms with Gasteiger partial charge in [-0.15, -0.1) is 0 Å². The predicted molar refractivity (Wildman–Crippen MR) is 114 cm³/mol. The molecule has 0 radical (unpaired) electrons. The molecule has 0 N–H and O–H groups in total. The van der Waals surface area contributed by atoms with Crippen LogP contribution in [0.1, 0.15) is 72.1 Å². The standard InChI is InChI=1S/C18H18BrCl4NO4/c19-9-7-5-3-1-2-4-6-8-10(25)28-24-17(26)11-12(18(24)27)14(21)16(23)15(22)13(11)20/h1-9H2. The molecule has 1 aromatic rings. The molecule has 0 saturated heterocycles. The first-order valence-electron chi connectivity index (χ1n) is 8.82. The molecule has 0 saturated carbocycles. The zero-order valence-corrected chi connectivity index (χ0v) is 19.4. The SMILES string of the molecule is O=C(CCCCCCCCCBr)ON1C(=O)c2c(Cl)c(Cl)c(Cl)c(Cl)c2C1=O. The van der Waals surface area contributed by atoms with Crippen molar-refractivity contribution in [1.29, 1.82) is 0 Å². The number of benzene rings is 1. The van der Waals surface area contributed by atoms with E-state index in [4.69, 9.17) is 51.2 Å². The van der Waals surface area contributed by atoms with Crippen LogP contribution in [-0.2, 0) is 9.63 Å². The van der Waals surface area contributed by atoms with Gasteiger partial charge in [0, 0.05) is 11.8 Å². The van der Waals surface area contributed by atoms with Gasteiger partial charge >= 0.3 is 5.97 Å². The fourth-order valence-electron chi connectivity index (χ4n) is 2.81. The molecule has 1 aromatic carbocycles. The lowest BCUT2D eigenvalue weighted by atomic mass is 10.1. The second-order valence-corrected chi connectivity index (χ2v) is 8.59. The second kappa shape index (κ2) is 11.0.